The number of aryl methyl sites for hydroxylation is 1. The van der Waals surface area contributed by atoms with Gasteiger partial charge < -0.3 is 15.2 Å². The first-order chi connectivity index (χ1) is 17.4. The van der Waals surface area contributed by atoms with Gasteiger partial charge in [0.2, 0.25) is 5.91 Å². The second-order valence-corrected chi connectivity index (χ2v) is 9.95. The Balaban J connectivity index is 1.40. The monoisotopic (exact) mass is 514 g/mol. The minimum atomic E-state index is -0.215. The van der Waals surface area contributed by atoms with Crippen LogP contribution in [0.2, 0.25) is 5.02 Å². The Kier molecular flexibility index (Phi) is 6.67. The molecule has 36 heavy (non-hydrogen) atoms. The zero-order valence-electron chi connectivity index (χ0n) is 19.7. The summed E-state index contributed by atoms with van der Waals surface area (Å²) in [4.78, 5) is 30.5. The SMILES string of the molecule is Cc1ccc(NC(=O)Cn2cc(/C=C3/SC(=Nc4cccc(Cl)c4C)NC3=O)c3ccccc32)cc1. The summed E-state index contributed by atoms with van der Waals surface area (Å²) in [6.07, 6.45) is 3.74. The zero-order valence-corrected chi connectivity index (χ0v) is 21.3. The van der Waals surface area contributed by atoms with Gasteiger partial charge in [0.1, 0.15) is 6.54 Å². The van der Waals surface area contributed by atoms with E-state index < -0.39 is 0 Å². The fourth-order valence-electron chi connectivity index (χ4n) is 3.96. The number of aromatic nitrogens is 1. The third-order valence-corrected chi connectivity index (χ3v) is 7.19. The molecule has 0 aliphatic carbocycles. The highest BCUT2D eigenvalue weighted by atomic mass is 35.5. The second-order valence-electron chi connectivity index (χ2n) is 8.51. The van der Waals surface area contributed by atoms with Gasteiger partial charge in [-0.05, 0) is 67.6 Å². The smallest absolute Gasteiger partial charge is 0.264 e. The number of carbonyl (C=O) groups is 2. The molecule has 3 aromatic carbocycles. The van der Waals surface area contributed by atoms with E-state index in [2.05, 4.69) is 15.6 Å². The number of nitrogens with zero attached hydrogens (tertiary/aromatic N) is 2. The molecule has 6 nitrogen and oxygen atoms in total. The Morgan fingerprint density at radius 2 is 1.86 bits per heavy atom. The quantitative estimate of drug-likeness (QED) is 0.301. The van der Waals surface area contributed by atoms with E-state index in [0.29, 0.717) is 20.8 Å². The third-order valence-electron chi connectivity index (χ3n) is 5.87. The molecule has 0 unspecified atom stereocenters. The van der Waals surface area contributed by atoms with Crippen LogP contribution >= 0.6 is 23.4 Å². The van der Waals surface area contributed by atoms with E-state index >= 15 is 0 Å². The average Bonchev–Trinajstić information content (AvgIpc) is 3.38. The van der Waals surface area contributed by atoms with Gasteiger partial charge in [0.15, 0.2) is 5.17 Å². The molecule has 1 saturated heterocycles. The Morgan fingerprint density at radius 1 is 1.08 bits per heavy atom. The van der Waals surface area contributed by atoms with Crippen LogP contribution in [-0.4, -0.2) is 21.5 Å². The van der Waals surface area contributed by atoms with Crippen molar-refractivity contribution in [1.82, 2.24) is 9.88 Å². The Morgan fingerprint density at radius 3 is 2.67 bits per heavy atom. The van der Waals surface area contributed by atoms with Crippen molar-refractivity contribution in [3.05, 3.63) is 99.5 Å². The van der Waals surface area contributed by atoms with E-state index in [9.17, 15) is 9.59 Å². The van der Waals surface area contributed by atoms with Crippen molar-refractivity contribution in [3.8, 4) is 0 Å². The van der Waals surface area contributed by atoms with Crippen LogP contribution in [0.4, 0.5) is 11.4 Å². The van der Waals surface area contributed by atoms with Crippen molar-refractivity contribution < 1.29 is 9.59 Å². The molecule has 180 valence electrons. The minimum Gasteiger partial charge on any atom is -0.337 e. The molecule has 0 atom stereocenters. The first kappa shape index (κ1) is 23.9. The standard InChI is InChI=1S/C28H23ClN4O2S/c1-17-10-12-20(13-11-17)30-26(34)16-33-15-19(21-6-3-4-9-24(21)33)14-25-27(35)32-28(36-25)31-23-8-5-7-22(29)18(23)2/h3-15H,16H2,1-2H3,(H,30,34)(H,31,32,35)/b25-14+. The third kappa shape index (κ3) is 5.08. The summed E-state index contributed by atoms with van der Waals surface area (Å²) in [6, 6.07) is 21.0. The lowest BCUT2D eigenvalue weighted by atomic mass is 10.1. The highest BCUT2D eigenvalue weighted by Crippen LogP contribution is 2.32. The normalized spacial score (nSPS) is 15.6. The molecular weight excluding hydrogens is 492 g/mol. The first-order valence-corrected chi connectivity index (χ1v) is 12.6. The van der Waals surface area contributed by atoms with Crippen LogP contribution in [0, 0.1) is 13.8 Å². The molecule has 4 aromatic rings. The van der Waals surface area contributed by atoms with Crippen molar-refractivity contribution in [2.45, 2.75) is 20.4 Å². The van der Waals surface area contributed by atoms with Gasteiger partial charge >= 0.3 is 0 Å². The van der Waals surface area contributed by atoms with Gasteiger partial charge in [0.05, 0.1) is 10.6 Å². The minimum absolute atomic E-state index is 0.127. The maximum absolute atomic E-state index is 12.7. The summed E-state index contributed by atoms with van der Waals surface area (Å²) in [5, 5.41) is 7.85. The van der Waals surface area contributed by atoms with Crippen LogP contribution in [-0.2, 0) is 16.1 Å². The second kappa shape index (κ2) is 10.0. The van der Waals surface area contributed by atoms with E-state index in [-0.39, 0.29) is 18.4 Å². The molecule has 8 heteroatoms. The summed E-state index contributed by atoms with van der Waals surface area (Å²) < 4.78 is 1.90. The molecule has 2 amide bonds. The highest BCUT2D eigenvalue weighted by molar-refractivity contribution is 8.18. The van der Waals surface area contributed by atoms with Gasteiger partial charge in [-0.3, -0.25) is 9.59 Å². The number of aliphatic imine (C=N–C) groups is 1. The molecule has 0 bridgehead atoms. The Bertz CT molecular complexity index is 1550. The fourth-order valence-corrected chi connectivity index (χ4v) is 4.96. The molecular formula is C28H23ClN4O2S. The summed E-state index contributed by atoms with van der Waals surface area (Å²) in [7, 11) is 0. The molecule has 1 aliphatic heterocycles. The number of hydrogen-bond donors (Lipinski definition) is 2. The van der Waals surface area contributed by atoms with Gasteiger partial charge in [-0.15, -0.1) is 0 Å². The largest absolute Gasteiger partial charge is 0.337 e. The van der Waals surface area contributed by atoms with Crippen molar-refractivity contribution in [3.63, 3.8) is 0 Å². The number of halogens is 1. The summed E-state index contributed by atoms with van der Waals surface area (Å²) in [5.41, 5.74) is 5.22. The van der Waals surface area contributed by atoms with Crippen molar-refractivity contribution >= 4 is 68.7 Å². The van der Waals surface area contributed by atoms with Crippen LogP contribution in [0.25, 0.3) is 17.0 Å². The van der Waals surface area contributed by atoms with E-state index in [1.54, 1.807) is 0 Å². The number of benzene rings is 3. The zero-order chi connectivity index (χ0) is 25.2. The predicted molar refractivity (Wildman–Crippen MR) is 149 cm³/mol. The molecule has 0 radical (unpaired) electrons. The first-order valence-electron chi connectivity index (χ1n) is 11.4. The lowest BCUT2D eigenvalue weighted by Crippen LogP contribution is -2.19. The average molecular weight is 515 g/mol. The number of hydrogen-bond acceptors (Lipinski definition) is 4. The fraction of sp³-hybridized carbons (Fsp3) is 0.107. The molecule has 2 heterocycles. The van der Waals surface area contributed by atoms with Crippen LogP contribution in [0.3, 0.4) is 0 Å². The summed E-state index contributed by atoms with van der Waals surface area (Å²) in [6.45, 7) is 4.05. The van der Waals surface area contributed by atoms with Crippen LogP contribution in [0.5, 0.6) is 0 Å². The number of fused-ring (bicyclic) bond motifs is 1. The number of para-hydroxylation sites is 1. The van der Waals surface area contributed by atoms with E-state index in [1.165, 1.54) is 11.8 Å². The van der Waals surface area contributed by atoms with Gasteiger partial charge in [0.25, 0.3) is 5.91 Å². The highest BCUT2D eigenvalue weighted by Gasteiger charge is 2.25. The lowest BCUT2D eigenvalue weighted by molar-refractivity contribution is -0.117. The Labute approximate surface area is 218 Å². The molecule has 5 rings (SSSR count). The van der Waals surface area contributed by atoms with E-state index in [1.807, 2.05) is 97.4 Å². The Hall–Kier alpha value is -3.81. The molecule has 1 aliphatic rings. The molecule has 1 fully saturated rings. The number of carbonyl (C=O) groups excluding carboxylic acids is 2. The molecule has 2 N–H and O–H groups in total. The van der Waals surface area contributed by atoms with Crippen LogP contribution in [0.1, 0.15) is 16.7 Å². The van der Waals surface area contributed by atoms with Gasteiger partial charge in [0, 0.05) is 33.4 Å². The number of thioether (sulfide) groups is 1. The predicted octanol–water partition coefficient (Wildman–Crippen LogP) is 6.44. The number of nitrogens with one attached hydrogen (secondary N) is 2. The number of rotatable bonds is 5. The van der Waals surface area contributed by atoms with Gasteiger partial charge in [-0.2, -0.15) is 0 Å². The lowest BCUT2D eigenvalue weighted by Gasteiger charge is -2.07. The van der Waals surface area contributed by atoms with Crippen molar-refractivity contribution in [1.29, 1.82) is 0 Å². The van der Waals surface area contributed by atoms with Crippen molar-refractivity contribution in [2.75, 3.05) is 5.32 Å². The maximum atomic E-state index is 12.7. The molecule has 0 saturated carbocycles. The topological polar surface area (TPSA) is 75.5 Å². The van der Waals surface area contributed by atoms with Crippen molar-refractivity contribution in [2.24, 2.45) is 4.99 Å². The van der Waals surface area contributed by atoms with E-state index in [0.717, 1.165) is 33.3 Å². The van der Waals surface area contributed by atoms with E-state index in [4.69, 9.17) is 11.6 Å². The number of anilines is 1. The van der Waals surface area contributed by atoms with Gasteiger partial charge in [-0.25, -0.2) is 4.99 Å². The van der Waals surface area contributed by atoms with Crippen LogP contribution < -0.4 is 10.6 Å². The van der Waals surface area contributed by atoms with Crippen LogP contribution in [0.15, 0.2) is 82.8 Å². The maximum Gasteiger partial charge on any atom is 0.264 e. The summed E-state index contributed by atoms with van der Waals surface area (Å²) >= 11 is 7.48. The molecule has 0 spiro atoms. The number of amidine groups is 1. The number of amides is 2. The van der Waals surface area contributed by atoms with Gasteiger partial charge in [-0.1, -0.05) is 53.6 Å². The summed E-state index contributed by atoms with van der Waals surface area (Å²) in [5.74, 6) is -0.342. The molecule has 1 aromatic heterocycles.